The van der Waals surface area contributed by atoms with Crippen LogP contribution >= 0.6 is 0 Å². The highest BCUT2D eigenvalue weighted by molar-refractivity contribution is 6.08. The lowest BCUT2D eigenvalue weighted by atomic mass is 10.1. The van der Waals surface area contributed by atoms with Crippen molar-refractivity contribution in [1.29, 1.82) is 0 Å². The summed E-state index contributed by atoms with van der Waals surface area (Å²) in [6.07, 6.45) is 5.37. The second kappa shape index (κ2) is 3.92. The standard InChI is InChI=1S/C16H10N2O/c1-2-8-18-14(6-1)12-5-3-4-11-13-10-17-9-7-15(13)19-16(11)12/h1-10H. The fourth-order valence-corrected chi connectivity index (χ4v) is 2.37. The monoisotopic (exact) mass is 246 g/mol. The van der Waals surface area contributed by atoms with Crippen LogP contribution in [0.25, 0.3) is 33.2 Å². The molecule has 3 nitrogen and oxygen atoms in total. The number of benzene rings is 1. The minimum absolute atomic E-state index is 0.855. The van der Waals surface area contributed by atoms with Crippen molar-refractivity contribution in [2.24, 2.45) is 0 Å². The fourth-order valence-electron chi connectivity index (χ4n) is 2.37. The van der Waals surface area contributed by atoms with Gasteiger partial charge in [0.15, 0.2) is 0 Å². The highest BCUT2D eigenvalue weighted by Crippen LogP contribution is 2.34. The van der Waals surface area contributed by atoms with Gasteiger partial charge < -0.3 is 4.42 Å². The first-order valence-electron chi connectivity index (χ1n) is 6.10. The average molecular weight is 246 g/mol. The zero-order valence-electron chi connectivity index (χ0n) is 10.1. The zero-order valence-corrected chi connectivity index (χ0v) is 10.1. The van der Waals surface area contributed by atoms with E-state index in [1.807, 2.05) is 42.6 Å². The van der Waals surface area contributed by atoms with Crippen LogP contribution in [0.2, 0.25) is 0 Å². The Morgan fingerprint density at radius 2 is 1.84 bits per heavy atom. The molecule has 0 N–H and O–H groups in total. The van der Waals surface area contributed by atoms with Gasteiger partial charge in [-0.3, -0.25) is 9.97 Å². The Labute approximate surface area is 109 Å². The Bertz CT molecular complexity index is 866. The van der Waals surface area contributed by atoms with Crippen LogP contribution < -0.4 is 0 Å². The summed E-state index contributed by atoms with van der Waals surface area (Å²) in [4.78, 5) is 8.56. The summed E-state index contributed by atoms with van der Waals surface area (Å²) in [5.74, 6) is 0. The van der Waals surface area contributed by atoms with Crippen molar-refractivity contribution in [3.8, 4) is 11.3 Å². The number of para-hydroxylation sites is 1. The van der Waals surface area contributed by atoms with Gasteiger partial charge in [-0.2, -0.15) is 0 Å². The number of rotatable bonds is 1. The molecule has 3 heterocycles. The molecule has 0 atom stereocenters. The van der Waals surface area contributed by atoms with Gasteiger partial charge in [0.25, 0.3) is 0 Å². The topological polar surface area (TPSA) is 38.9 Å². The summed E-state index contributed by atoms with van der Waals surface area (Å²) in [5.41, 5.74) is 3.65. The SMILES string of the molecule is c1ccc(-c2cccc3c2oc2ccncc23)nc1. The summed E-state index contributed by atoms with van der Waals surface area (Å²) in [6, 6.07) is 13.9. The Hall–Kier alpha value is -2.68. The van der Waals surface area contributed by atoms with Crippen molar-refractivity contribution in [2.45, 2.75) is 0 Å². The molecule has 0 amide bonds. The Balaban J connectivity index is 2.13. The maximum Gasteiger partial charge on any atom is 0.144 e. The first-order valence-corrected chi connectivity index (χ1v) is 6.10. The molecule has 3 aromatic heterocycles. The predicted molar refractivity (Wildman–Crippen MR) is 74.7 cm³/mol. The number of aromatic nitrogens is 2. The van der Waals surface area contributed by atoms with Crippen molar-refractivity contribution in [2.75, 3.05) is 0 Å². The molecule has 0 aliphatic rings. The molecule has 1 aromatic carbocycles. The van der Waals surface area contributed by atoms with Gasteiger partial charge in [-0.05, 0) is 24.3 Å². The van der Waals surface area contributed by atoms with Crippen molar-refractivity contribution < 1.29 is 4.42 Å². The van der Waals surface area contributed by atoms with Crippen LogP contribution in [0.5, 0.6) is 0 Å². The minimum atomic E-state index is 0.855. The molecule has 4 aromatic rings. The normalized spacial score (nSPS) is 11.2. The molecule has 19 heavy (non-hydrogen) atoms. The van der Waals surface area contributed by atoms with E-state index in [-0.39, 0.29) is 0 Å². The molecular weight excluding hydrogens is 236 g/mol. The second-order valence-electron chi connectivity index (χ2n) is 4.37. The molecule has 0 saturated heterocycles. The number of pyridine rings is 2. The fraction of sp³-hybridized carbons (Fsp3) is 0. The number of furan rings is 1. The summed E-state index contributed by atoms with van der Waals surface area (Å²) in [5, 5.41) is 2.11. The van der Waals surface area contributed by atoms with Gasteiger partial charge in [-0.25, -0.2) is 0 Å². The van der Waals surface area contributed by atoms with Gasteiger partial charge in [0.2, 0.25) is 0 Å². The van der Waals surface area contributed by atoms with E-state index in [9.17, 15) is 0 Å². The van der Waals surface area contributed by atoms with Crippen molar-refractivity contribution in [3.63, 3.8) is 0 Å². The van der Waals surface area contributed by atoms with Crippen molar-refractivity contribution in [3.05, 3.63) is 61.1 Å². The highest BCUT2D eigenvalue weighted by Gasteiger charge is 2.11. The molecule has 0 unspecified atom stereocenters. The lowest BCUT2D eigenvalue weighted by Gasteiger charge is -2.00. The lowest BCUT2D eigenvalue weighted by molar-refractivity contribution is 0.669. The Morgan fingerprint density at radius 1 is 0.842 bits per heavy atom. The summed E-state index contributed by atoms with van der Waals surface area (Å²) < 4.78 is 5.96. The van der Waals surface area contributed by atoms with E-state index in [0.29, 0.717) is 0 Å². The van der Waals surface area contributed by atoms with Crippen LogP contribution in [0.15, 0.2) is 65.5 Å². The van der Waals surface area contributed by atoms with E-state index < -0.39 is 0 Å². The third-order valence-electron chi connectivity index (χ3n) is 3.24. The lowest BCUT2D eigenvalue weighted by Crippen LogP contribution is -1.81. The Morgan fingerprint density at radius 3 is 2.74 bits per heavy atom. The van der Waals surface area contributed by atoms with Crippen LogP contribution in [0.3, 0.4) is 0 Å². The van der Waals surface area contributed by atoms with Crippen molar-refractivity contribution >= 4 is 21.9 Å². The van der Waals surface area contributed by atoms with Gasteiger partial charge in [0.05, 0.1) is 5.69 Å². The van der Waals surface area contributed by atoms with Crippen LogP contribution in [-0.4, -0.2) is 9.97 Å². The molecule has 0 aliphatic heterocycles. The number of nitrogens with zero attached hydrogens (tertiary/aromatic N) is 2. The van der Waals surface area contributed by atoms with Crippen LogP contribution in [0, 0.1) is 0 Å². The van der Waals surface area contributed by atoms with E-state index >= 15 is 0 Å². The Kier molecular flexibility index (Phi) is 2.12. The van der Waals surface area contributed by atoms with Crippen LogP contribution in [-0.2, 0) is 0 Å². The zero-order chi connectivity index (χ0) is 12.7. The highest BCUT2D eigenvalue weighted by atomic mass is 16.3. The second-order valence-corrected chi connectivity index (χ2v) is 4.37. The number of hydrogen-bond donors (Lipinski definition) is 0. The largest absolute Gasteiger partial charge is 0.455 e. The third-order valence-corrected chi connectivity index (χ3v) is 3.24. The maximum atomic E-state index is 5.96. The quantitative estimate of drug-likeness (QED) is 0.508. The molecule has 0 bridgehead atoms. The predicted octanol–water partition coefficient (Wildman–Crippen LogP) is 4.04. The van der Waals surface area contributed by atoms with Gasteiger partial charge in [-0.1, -0.05) is 18.2 Å². The van der Waals surface area contributed by atoms with E-state index in [1.165, 1.54) is 0 Å². The molecule has 0 radical (unpaired) electrons. The van der Waals surface area contributed by atoms with Gasteiger partial charge in [0.1, 0.15) is 11.2 Å². The van der Waals surface area contributed by atoms with Gasteiger partial charge in [0, 0.05) is 34.9 Å². The average Bonchev–Trinajstić information content (AvgIpc) is 2.87. The first-order chi connectivity index (χ1) is 9.43. The van der Waals surface area contributed by atoms with Crippen molar-refractivity contribution in [1.82, 2.24) is 9.97 Å². The maximum absolute atomic E-state index is 5.96. The van der Waals surface area contributed by atoms with Gasteiger partial charge in [-0.15, -0.1) is 0 Å². The van der Waals surface area contributed by atoms with Gasteiger partial charge >= 0.3 is 0 Å². The molecule has 90 valence electrons. The summed E-state index contributed by atoms with van der Waals surface area (Å²) in [7, 11) is 0. The van der Waals surface area contributed by atoms with Crippen LogP contribution in [0.1, 0.15) is 0 Å². The van der Waals surface area contributed by atoms with E-state index in [4.69, 9.17) is 4.42 Å². The third kappa shape index (κ3) is 1.52. The first kappa shape index (κ1) is 10.3. The number of hydrogen-bond acceptors (Lipinski definition) is 3. The summed E-state index contributed by atoms with van der Waals surface area (Å²) in [6.45, 7) is 0. The molecule has 0 aliphatic carbocycles. The molecule has 0 spiro atoms. The molecular formula is C16H10N2O. The minimum Gasteiger partial charge on any atom is -0.455 e. The summed E-state index contributed by atoms with van der Waals surface area (Å²) >= 11 is 0. The van der Waals surface area contributed by atoms with E-state index in [1.54, 1.807) is 12.4 Å². The molecule has 0 fully saturated rings. The van der Waals surface area contributed by atoms with E-state index in [2.05, 4.69) is 16.0 Å². The molecule has 0 saturated carbocycles. The molecule has 4 rings (SSSR count). The van der Waals surface area contributed by atoms with E-state index in [0.717, 1.165) is 33.2 Å². The smallest absolute Gasteiger partial charge is 0.144 e. The molecule has 3 heteroatoms. The van der Waals surface area contributed by atoms with Crippen LogP contribution in [0.4, 0.5) is 0 Å². The number of fused-ring (bicyclic) bond motifs is 3.